The molecule has 2 amide bonds. The zero-order valence-electron chi connectivity index (χ0n) is 15.5. The molecule has 0 aliphatic rings. The molecule has 23 heavy (non-hydrogen) atoms. The third-order valence-electron chi connectivity index (χ3n) is 4.17. The molecule has 0 rings (SSSR count). The van der Waals surface area contributed by atoms with Crippen LogP contribution in [-0.4, -0.2) is 79.9 Å². The predicted octanol–water partition coefficient (Wildman–Crippen LogP) is 0.282. The van der Waals surface area contributed by atoms with E-state index in [1.807, 2.05) is 6.92 Å². The molecule has 7 nitrogen and oxygen atoms in total. The molecule has 0 fully saturated rings. The molecule has 0 aliphatic carbocycles. The number of Topliss-reactive ketones (excluding diaryl/α,β-unsaturated/α-hetero) is 1. The molecule has 0 aliphatic heterocycles. The number of carbonyl (C=O) groups excluding carboxylic acids is 3. The zero-order valence-corrected chi connectivity index (χ0v) is 15.5. The summed E-state index contributed by atoms with van der Waals surface area (Å²) in [6, 6.07) is -1.24. The van der Waals surface area contributed by atoms with Crippen molar-refractivity contribution in [2.75, 3.05) is 28.3 Å². The second kappa shape index (κ2) is 9.62. The van der Waals surface area contributed by atoms with Crippen LogP contribution >= 0.6 is 0 Å². The van der Waals surface area contributed by atoms with Gasteiger partial charge in [0.2, 0.25) is 11.8 Å². The van der Waals surface area contributed by atoms with Crippen molar-refractivity contribution in [1.82, 2.24) is 15.1 Å². The van der Waals surface area contributed by atoms with Crippen LogP contribution < -0.4 is 5.32 Å². The number of ether oxygens (including phenoxy) is 1. The largest absolute Gasteiger partial charge is 0.379 e. The highest BCUT2D eigenvalue weighted by molar-refractivity contribution is 5.89. The van der Waals surface area contributed by atoms with Crippen LogP contribution in [0.25, 0.3) is 0 Å². The van der Waals surface area contributed by atoms with Crippen LogP contribution in [0.4, 0.5) is 0 Å². The maximum absolute atomic E-state index is 12.5. The lowest BCUT2D eigenvalue weighted by Crippen LogP contribution is -2.54. The van der Waals surface area contributed by atoms with E-state index in [1.165, 1.54) is 18.9 Å². The summed E-state index contributed by atoms with van der Waals surface area (Å²) in [6.45, 7) is 6.74. The van der Waals surface area contributed by atoms with Crippen LogP contribution in [0, 0.1) is 0 Å². The molecule has 0 saturated carbocycles. The number of hydrogen-bond acceptors (Lipinski definition) is 5. The topological polar surface area (TPSA) is 79.0 Å². The molecule has 0 radical (unpaired) electrons. The smallest absolute Gasteiger partial charge is 0.244 e. The summed E-state index contributed by atoms with van der Waals surface area (Å²) < 4.78 is 5.32. The molecule has 7 heteroatoms. The SMILES string of the molecule is COC(CC(C)=O)C(C)N(C)C(=O)C(C)NC(=O)C(C)N(C)C. The van der Waals surface area contributed by atoms with E-state index in [4.69, 9.17) is 4.74 Å². The fraction of sp³-hybridized carbons (Fsp3) is 0.812. The van der Waals surface area contributed by atoms with Crippen molar-refractivity contribution in [3.63, 3.8) is 0 Å². The van der Waals surface area contributed by atoms with Crippen molar-refractivity contribution in [1.29, 1.82) is 0 Å². The Morgan fingerprint density at radius 1 is 1.09 bits per heavy atom. The Labute approximate surface area is 139 Å². The Hall–Kier alpha value is -1.47. The van der Waals surface area contributed by atoms with E-state index >= 15 is 0 Å². The highest BCUT2D eigenvalue weighted by atomic mass is 16.5. The lowest BCUT2D eigenvalue weighted by molar-refractivity contribution is -0.140. The summed E-state index contributed by atoms with van der Waals surface area (Å²) in [5.74, 6) is -0.419. The third-order valence-corrected chi connectivity index (χ3v) is 4.17. The molecule has 4 unspecified atom stereocenters. The average molecular weight is 329 g/mol. The van der Waals surface area contributed by atoms with Gasteiger partial charge in [-0.3, -0.25) is 19.3 Å². The second-order valence-electron chi connectivity index (χ2n) is 6.24. The quantitative estimate of drug-likeness (QED) is 0.657. The summed E-state index contributed by atoms with van der Waals surface area (Å²) in [5.41, 5.74) is 0. The minimum Gasteiger partial charge on any atom is -0.379 e. The molecule has 134 valence electrons. The maximum Gasteiger partial charge on any atom is 0.244 e. The summed E-state index contributed by atoms with van der Waals surface area (Å²) in [5, 5.41) is 2.71. The van der Waals surface area contributed by atoms with E-state index < -0.39 is 6.04 Å². The van der Waals surface area contributed by atoms with Gasteiger partial charge in [0.05, 0.1) is 18.2 Å². The van der Waals surface area contributed by atoms with Gasteiger partial charge in [0.25, 0.3) is 0 Å². The molecule has 0 aromatic heterocycles. The normalized spacial score (nSPS) is 16.4. The lowest BCUT2D eigenvalue weighted by Gasteiger charge is -2.33. The fourth-order valence-electron chi connectivity index (χ4n) is 2.12. The van der Waals surface area contributed by atoms with Gasteiger partial charge in [-0.1, -0.05) is 0 Å². The zero-order chi connectivity index (χ0) is 18.3. The first-order valence-corrected chi connectivity index (χ1v) is 7.78. The number of nitrogens with one attached hydrogen (secondary N) is 1. The molecule has 0 aromatic rings. The highest BCUT2D eigenvalue weighted by Crippen LogP contribution is 2.11. The number of rotatable bonds is 9. The van der Waals surface area contributed by atoms with Gasteiger partial charge in [0.15, 0.2) is 0 Å². The molecule has 1 N–H and O–H groups in total. The van der Waals surface area contributed by atoms with Crippen molar-refractivity contribution >= 4 is 17.6 Å². The van der Waals surface area contributed by atoms with Crippen LogP contribution in [0.3, 0.4) is 0 Å². The first-order chi connectivity index (χ1) is 10.5. The number of hydrogen-bond donors (Lipinski definition) is 1. The highest BCUT2D eigenvalue weighted by Gasteiger charge is 2.29. The molecule has 0 saturated heterocycles. The molecule has 0 bridgehead atoms. The standard InChI is InChI=1S/C16H31N3O4/c1-10(20)9-14(23-8)12(3)19(7)16(22)11(2)17-15(21)13(4)18(5)6/h11-14H,9H2,1-8H3,(H,17,21). The van der Waals surface area contributed by atoms with Crippen LogP contribution in [-0.2, 0) is 19.1 Å². The van der Waals surface area contributed by atoms with Gasteiger partial charge < -0.3 is 15.0 Å². The monoisotopic (exact) mass is 329 g/mol. The third kappa shape index (κ3) is 6.66. The molecular weight excluding hydrogens is 298 g/mol. The van der Waals surface area contributed by atoms with Crippen molar-refractivity contribution in [3.05, 3.63) is 0 Å². The number of ketones is 1. The number of likely N-dealkylation sites (N-methyl/N-ethyl adjacent to an activating group) is 2. The Kier molecular flexibility index (Phi) is 9.01. The van der Waals surface area contributed by atoms with E-state index in [1.54, 1.807) is 39.9 Å². The van der Waals surface area contributed by atoms with Crippen molar-refractivity contribution in [2.45, 2.75) is 58.3 Å². The van der Waals surface area contributed by atoms with Crippen LogP contribution in [0.5, 0.6) is 0 Å². The van der Waals surface area contributed by atoms with Gasteiger partial charge in [-0.25, -0.2) is 0 Å². The summed E-state index contributed by atoms with van der Waals surface area (Å²) in [6.07, 6.45) is -0.127. The van der Waals surface area contributed by atoms with E-state index in [-0.39, 0.29) is 42.2 Å². The second-order valence-corrected chi connectivity index (χ2v) is 6.24. The van der Waals surface area contributed by atoms with E-state index in [9.17, 15) is 14.4 Å². The lowest BCUT2D eigenvalue weighted by atomic mass is 10.1. The van der Waals surface area contributed by atoms with Crippen LogP contribution in [0.15, 0.2) is 0 Å². The van der Waals surface area contributed by atoms with Crippen LogP contribution in [0.1, 0.15) is 34.1 Å². The van der Waals surface area contributed by atoms with Crippen molar-refractivity contribution < 1.29 is 19.1 Å². The molecule has 0 aromatic carbocycles. The summed E-state index contributed by atoms with van der Waals surface area (Å²) in [7, 11) is 6.77. The van der Waals surface area contributed by atoms with Crippen molar-refractivity contribution in [2.24, 2.45) is 0 Å². The van der Waals surface area contributed by atoms with Crippen molar-refractivity contribution in [3.8, 4) is 0 Å². The Morgan fingerprint density at radius 2 is 1.61 bits per heavy atom. The summed E-state index contributed by atoms with van der Waals surface area (Å²) >= 11 is 0. The minimum absolute atomic E-state index is 0.00529. The first kappa shape index (κ1) is 21.5. The van der Waals surface area contributed by atoms with Crippen LogP contribution in [0.2, 0.25) is 0 Å². The van der Waals surface area contributed by atoms with Gasteiger partial charge in [-0.2, -0.15) is 0 Å². The van der Waals surface area contributed by atoms with E-state index in [2.05, 4.69) is 5.32 Å². The number of nitrogens with zero attached hydrogens (tertiary/aromatic N) is 2. The van der Waals surface area contributed by atoms with Gasteiger partial charge in [-0.05, 0) is 41.8 Å². The van der Waals surface area contributed by atoms with Gasteiger partial charge >= 0.3 is 0 Å². The minimum atomic E-state index is -0.646. The van der Waals surface area contributed by atoms with E-state index in [0.29, 0.717) is 0 Å². The molecular formula is C16H31N3O4. The summed E-state index contributed by atoms with van der Waals surface area (Å²) in [4.78, 5) is 39.1. The predicted molar refractivity (Wildman–Crippen MR) is 89.1 cm³/mol. The van der Waals surface area contributed by atoms with Gasteiger partial charge in [-0.15, -0.1) is 0 Å². The molecule has 0 spiro atoms. The Balaban J connectivity index is 4.79. The number of amides is 2. The van der Waals surface area contributed by atoms with Gasteiger partial charge in [0, 0.05) is 20.6 Å². The number of carbonyl (C=O) groups is 3. The fourth-order valence-corrected chi connectivity index (χ4v) is 2.12. The number of methoxy groups -OCH3 is 1. The average Bonchev–Trinajstić information content (AvgIpc) is 2.48. The van der Waals surface area contributed by atoms with E-state index in [0.717, 1.165) is 0 Å². The Bertz CT molecular complexity index is 426. The molecule has 4 atom stereocenters. The maximum atomic E-state index is 12.5. The first-order valence-electron chi connectivity index (χ1n) is 7.78. The van der Waals surface area contributed by atoms with Gasteiger partial charge in [0.1, 0.15) is 11.8 Å². The Morgan fingerprint density at radius 3 is 2.00 bits per heavy atom. The molecule has 0 heterocycles.